The van der Waals surface area contributed by atoms with Crippen LogP contribution in [0.3, 0.4) is 0 Å². The number of ketones is 1. The number of hydrogen-bond donors (Lipinski definition) is 0. The van der Waals surface area contributed by atoms with Crippen LogP contribution >= 0.6 is 0 Å². The minimum atomic E-state index is 0.232. The Bertz CT molecular complexity index is 219. The Kier molecular flexibility index (Phi) is 10.1. The van der Waals surface area contributed by atoms with E-state index in [1.54, 1.807) is 0 Å². The summed E-state index contributed by atoms with van der Waals surface area (Å²) in [5, 5.41) is 0. The lowest BCUT2D eigenvalue weighted by Crippen LogP contribution is -2.22. The smallest absolute Gasteiger partial charge is 0.135 e. The Hall–Kier alpha value is -0.370. The van der Waals surface area contributed by atoms with Crippen LogP contribution in [0.2, 0.25) is 0 Å². The summed E-state index contributed by atoms with van der Waals surface area (Å²) in [6.45, 7) is 3.11. The van der Waals surface area contributed by atoms with E-state index in [0.717, 1.165) is 25.9 Å². The Labute approximate surface area is 119 Å². The van der Waals surface area contributed by atoms with Crippen molar-refractivity contribution >= 4 is 5.78 Å². The minimum Gasteiger partial charge on any atom is -0.378 e. The zero-order valence-electron chi connectivity index (χ0n) is 12.8. The molecule has 2 heteroatoms. The number of carbonyl (C=O) groups excluding carboxylic acids is 1. The van der Waals surface area contributed by atoms with Crippen LogP contribution < -0.4 is 0 Å². The van der Waals surface area contributed by atoms with Crippen molar-refractivity contribution in [3.63, 3.8) is 0 Å². The highest BCUT2D eigenvalue weighted by Gasteiger charge is 2.16. The average Bonchev–Trinajstić information content (AvgIpc) is 2.43. The van der Waals surface area contributed by atoms with Gasteiger partial charge >= 0.3 is 0 Å². The predicted octanol–water partition coefficient (Wildman–Crippen LogP) is 5.05. The summed E-state index contributed by atoms with van der Waals surface area (Å²) in [5.74, 6) is 0.415. The van der Waals surface area contributed by atoms with E-state index in [0.29, 0.717) is 12.2 Å². The maximum Gasteiger partial charge on any atom is 0.135 e. The lowest BCUT2D eigenvalue weighted by Gasteiger charge is -2.21. The van der Waals surface area contributed by atoms with Crippen LogP contribution in [0.25, 0.3) is 0 Å². The topological polar surface area (TPSA) is 26.3 Å². The third kappa shape index (κ3) is 9.21. The molecule has 112 valence electrons. The molecule has 1 unspecified atom stereocenters. The van der Waals surface area contributed by atoms with Crippen molar-refractivity contribution in [3.8, 4) is 0 Å². The van der Waals surface area contributed by atoms with Crippen molar-refractivity contribution in [2.45, 2.75) is 96.5 Å². The maximum absolute atomic E-state index is 11.8. The first kappa shape index (κ1) is 16.7. The first-order chi connectivity index (χ1) is 9.33. The third-order valence-electron chi connectivity index (χ3n) is 4.04. The Morgan fingerprint density at radius 2 is 1.68 bits per heavy atom. The Morgan fingerprint density at radius 3 is 2.32 bits per heavy atom. The fourth-order valence-electron chi connectivity index (χ4n) is 2.78. The molecule has 19 heavy (non-hydrogen) atoms. The molecule has 0 N–H and O–H groups in total. The number of ether oxygens (including phenoxy) is 1. The molecule has 0 bridgehead atoms. The molecule has 0 aromatic heterocycles. The zero-order valence-corrected chi connectivity index (χ0v) is 12.8. The molecule has 2 nitrogen and oxygen atoms in total. The number of hydrogen-bond acceptors (Lipinski definition) is 2. The van der Waals surface area contributed by atoms with Gasteiger partial charge in [-0.15, -0.1) is 0 Å². The average molecular weight is 268 g/mol. The van der Waals surface area contributed by atoms with Crippen molar-refractivity contribution in [2.24, 2.45) is 0 Å². The van der Waals surface area contributed by atoms with Crippen LogP contribution in [-0.2, 0) is 9.53 Å². The molecule has 0 aromatic rings. The van der Waals surface area contributed by atoms with Gasteiger partial charge in [0.15, 0.2) is 0 Å². The fraction of sp³-hybridized carbons (Fsp3) is 0.941. The van der Waals surface area contributed by atoms with E-state index in [4.69, 9.17) is 4.74 Å². The van der Waals surface area contributed by atoms with Gasteiger partial charge in [-0.25, -0.2) is 0 Å². The van der Waals surface area contributed by atoms with Crippen LogP contribution in [0.15, 0.2) is 0 Å². The van der Waals surface area contributed by atoms with E-state index < -0.39 is 0 Å². The molecule has 1 aliphatic rings. The summed E-state index contributed by atoms with van der Waals surface area (Å²) in [5.41, 5.74) is 0. The zero-order chi connectivity index (χ0) is 13.8. The highest BCUT2D eigenvalue weighted by molar-refractivity contribution is 5.78. The molecular weight excluding hydrogens is 236 g/mol. The largest absolute Gasteiger partial charge is 0.378 e. The minimum absolute atomic E-state index is 0.232. The summed E-state index contributed by atoms with van der Waals surface area (Å²) in [4.78, 5) is 11.8. The summed E-state index contributed by atoms with van der Waals surface area (Å²) < 4.78 is 5.61. The highest BCUT2D eigenvalue weighted by atomic mass is 16.5. The number of unbranched alkanes of at least 4 members (excludes halogenated alkanes) is 7. The molecule has 1 atom stereocenters. The standard InChI is InChI=1S/C17H32O2/c1-2-3-4-5-6-7-8-9-12-16(18)15-17-13-10-11-14-19-17/h17H,2-15H2,1H3. The monoisotopic (exact) mass is 268 g/mol. The fourth-order valence-corrected chi connectivity index (χ4v) is 2.78. The first-order valence-corrected chi connectivity index (χ1v) is 8.46. The van der Waals surface area contributed by atoms with E-state index in [-0.39, 0.29) is 6.10 Å². The second-order valence-corrected chi connectivity index (χ2v) is 5.96. The number of carbonyl (C=O) groups is 1. The van der Waals surface area contributed by atoms with E-state index in [9.17, 15) is 4.79 Å². The van der Waals surface area contributed by atoms with Gasteiger partial charge in [-0.2, -0.15) is 0 Å². The quantitative estimate of drug-likeness (QED) is 0.490. The lowest BCUT2D eigenvalue weighted by molar-refractivity contribution is -0.122. The lowest BCUT2D eigenvalue weighted by atomic mass is 10.0. The molecule has 1 heterocycles. The van der Waals surface area contributed by atoms with Gasteiger partial charge in [-0.05, 0) is 25.7 Å². The number of rotatable bonds is 11. The summed E-state index contributed by atoms with van der Waals surface area (Å²) in [7, 11) is 0. The Balaban J connectivity index is 1.87. The molecule has 0 amide bonds. The molecule has 0 aliphatic carbocycles. The van der Waals surface area contributed by atoms with Gasteiger partial charge < -0.3 is 4.74 Å². The molecule has 1 saturated heterocycles. The predicted molar refractivity (Wildman–Crippen MR) is 80.4 cm³/mol. The highest BCUT2D eigenvalue weighted by Crippen LogP contribution is 2.17. The third-order valence-corrected chi connectivity index (χ3v) is 4.04. The van der Waals surface area contributed by atoms with Gasteiger partial charge in [0.05, 0.1) is 6.10 Å². The molecule has 0 aromatic carbocycles. The van der Waals surface area contributed by atoms with E-state index in [1.807, 2.05) is 0 Å². The Morgan fingerprint density at radius 1 is 1.00 bits per heavy atom. The van der Waals surface area contributed by atoms with Gasteiger partial charge in [-0.3, -0.25) is 4.79 Å². The molecule has 0 saturated carbocycles. The van der Waals surface area contributed by atoms with E-state index >= 15 is 0 Å². The van der Waals surface area contributed by atoms with Crippen molar-refractivity contribution in [1.82, 2.24) is 0 Å². The molecule has 0 radical (unpaired) electrons. The van der Waals surface area contributed by atoms with Crippen LogP contribution in [-0.4, -0.2) is 18.5 Å². The van der Waals surface area contributed by atoms with Gasteiger partial charge in [0.2, 0.25) is 0 Å². The molecule has 0 spiro atoms. The van der Waals surface area contributed by atoms with E-state index in [2.05, 4.69) is 6.92 Å². The summed E-state index contributed by atoms with van der Waals surface area (Å²) in [6, 6.07) is 0. The van der Waals surface area contributed by atoms with Gasteiger partial charge in [0.25, 0.3) is 0 Å². The van der Waals surface area contributed by atoms with Crippen molar-refractivity contribution in [2.75, 3.05) is 6.61 Å². The second-order valence-electron chi connectivity index (χ2n) is 5.96. The van der Waals surface area contributed by atoms with Crippen molar-refractivity contribution in [3.05, 3.63) is 0 Å². The SMILES string of the molecule is CCCCCCCCCCC(=O)CC1CCCCO1. The normalized spacial score (nSPS) is 19.5. The van der Waals surface area contributed by atoms with Crippen LogP contribution in [0.1, 0.15) is 90.4 Å². The van der Waals surface area contributed by atoms with Crippen LogP contribution in [0.5, 0.6) is 0 Å². The molecule has 1 fully saturated rings. The van der Waals surface area contributed by atoms with Gasteiger partial charge in [-0.1, -0.05) is 51.9 Å². The second kappa shape index (κ2) is 11.5. The maximum atomic E-state index is 11.8. The van der Waals surface area contributed by atoms with Crippen LogP contribution in [0, 0.1) is 0 Å². The summed E-state index contributed by atoms with van der Waals surface area (Å²) in [6.07, 6.45) is 15.6. The molecular formula is C17H32O2. The van der Waals surface area contributed by atoms with Gasteiger partial charge in [0.1, 0.15) is 5.78 Å². The summed E-state index contributed by atoms with van der Waals surface area (Å²) >= 11 is 0. The number of Topliss-reactive ketones (excluding diaryl/α,β-unsaturated/α-hetero) is 1. The first-order valence-electron chi connectivity index (χ1n) is 8.46. The molecule has 1 aliphatic heterocycles. The van der Waals surface area contributed by atoms with Crippen molar-refractivity contribution in [1.29, 1.82) is 0 Å². The molecule has 1 rings (SSSR count). The van der Waals surface area contributed by atoms with Gasteiger partial charge in [0, 0.05) is 19.4 Å². The van der Waals surface area contributed by atoms with Crippen LogP contribution in [0.4, 0.5) is 0 Å². The van der Waals surface area contributed by atoms with Crippen molar-refractivity contribution < 1.29 is 9.53 Å². The van der Waals surface area contributed by atoms with E-state index in [1.165, 1.54) is 57.8 Å².